The minimum Gasteiger partial charge on any atom is -0.373 e. The number of nitrogens with one attached hydrogen (secondary N) is 1. The number of piperidine rings is 1. The average Bonchev–Trinajstić information content (AvgIpc) is 3.22. The molecule has 1 atom stereocenters. The van der Waals surface area contributed by atoms with E-state index in [1.807, 2.05) is 11.4 Å². The molecule has 4 heterocycles. The van der Waals surface area contributed by atoms with Crippen LogP contribution in [-0.2, 0) is 11.3 Å². The van der Waals surface area contributed by atoms with Gasteiger partial charge in [0, 0.05) is 37.4 Å². The van der Waals surface area contributed by atoms with Crippen LogP contribution in [0.1, 0.15) is 25.0 Å². The van der Waals surface area contributed by atoms with Crippen molar-refractivity contribution in [2.75, 3.05) is 25.0 Å². The standard InChI is InChI=1S/C15H20N6OS/c1-4-16-14(17-5-1)18-12-8-15(22-10-12)2-6-21(7-3-15)9-13-11-23-20-19-13/h1,4-5,11-12H,2-3,6-10H2,(H,16,17,18). The third-order valence-electron chi connectivity index (χ3n) is 4.67. The van der Waals surface area contributed by atoms with Gasteiger partial charge in [0.05, 0.1) is 23.9 Å². The lowest BCUT2D eigenvalue weighted by Gasteiger charge is -2.38. The van der Waals surface area contributed by atoms with Crippen LogP contribution in [0.15, 0.2) is 23.8 Å². The zero-order valence-electron chi connectivity index (χ0n) is 12.9. The van der Waals surface area contributed by atoms with Gasteiger partial charge in [0.2, 0.25) is 5.95 Å². The second-order valence-corrected chi connectivity index (χ2v) is 6.89. The van der Waals surface area contributed by atoms with Crippen molar-refractivity contribution in [3.8, 4) is 0 Å². The second-order valence-electron chi connectivity index (χ2n) is 6.28. The topological polar surface area (TPSA) is 76.1 Å². The Labute approximate surface area is 139 Å². The molecule has 0 aromatic carbocycles. The van der Waals surface area contributed by atoms with Crippen LogP contribution < -0.4 is 5.32 Å². The van der Waals surface area contributed by atoms with E-state index in [0.29, 0.717) is 12.0 Å². The summed E-state index contributed by atoms with van der Waals surface area (Å²) in [7, 11) is 0. The van der Waals surface area contributed by atoms with Gasteiger partial charge in [-0.15, -0.1) is 5.10 Å². The van der Waals surface area contributed by atoms with Gasteiger partial charge in [-0.3, -0.25) is 4.90 Å². The Kier molecular flexibility index (Phi) is 4.19. The summed E-state index contributed by atoms with van der Waals surface area (Å²) in [6.45, 7) is 3.72. The molecule has 4 rings (SSSR count). The monoisotopic (exact) mass is 332 g/mol. The van der Waals surface area contributed by atoms with Gasteiger partial charge in [0.25, 0.3) is 0 Å². The molecule has 23 heavy (non-hydrogen) atoms. The van der Waals surface area contributed by atoms with E-state index in [4.69, 9.17) is 4.74 Å². The summed E-state index contributed by atoms with van der Waals surface area (Å²) in [5.74, 6) is 0.687. The molecule has 2 aliphatic rings. The van der Waals surface area contributed by atoms with E-state index in [0.717, 1.165) is 51.2 Å². The normalized spacial score (nSPS) is 24.1. The zero-order valence-corrected chi connectivity index (χ0v) is 13.7. The smallest absolute Gasteiger partial charge is 0.222 e. The Bertz CT molecular complexity index is 614. The molecule has 0 aliphatic carbocycles. The molecule has 2 aliphatic heterocycles. The predicted octanol–water partition coefficient (Wildman–Crippen LogP) is 1.56. The number of hydrogen-bond donors (Lipinski definition) is 1. The zero-order chi connectivity index (χ0) is 15.5. The fraction of sp³-hybridized carbons (Fsp3) is 0.600. The lowest BCUT2D eigenvalue weighted by molar-refractivity contribution is -0.0449. The van der Waals surface area contributed by atoms with Gasteiger partial charge >= 0.3 is 0 Å². The molecular weight excluding hydrogens is 312 g/mol. The molecule has 0 bridgehead atoms. The summed E-state index contributed by atoms with van der Waals surface area (Å²) < 4.78 is 10.1. The molecule has 1 unspecified atom stereocenters. The van der Waals surface area contributed by atoms with Crippen LogP contribution in [0.2, 0.25) is 0 Å². The fourth-order valence-electron chi connectivity index (χ4n) is 3.44. The number of ether oxygens (including phenoxy) is 1. The van der Waals surface area contributed by atoms with Crippen molar-refractivity contribution in [3.63, 3.8) is 0 Å². The summed E-state index contributed by atoms with van der Waals surface area (Å²) in [6, 6.07) is 2.12. The van der Waals surface area contributed by atoms with E-state index in [2.05, 4.69) is 29.8 Å². The van der Waals surface area contributed by atoms with Crippen LogP contribution in [0.25, 0.3) is 0 Å². The highest BCUT2D eigenvalue weighted by atomic mass is 32.1. The molecule has 2 aromatic heterocycles. The highest BCUT2D eigenvalue weighted by molar-refractivity contribution is 7.03. The molecule has 8 heteroatoms. The Morgan fingerprint density at radius 1 is 1.30 bits per heavy atom. The van der Waals surface area contributed by atoms with Gasteiger partial charge in [0.1, 0.15) is 0 Å². The molecule has 0 amide bonds. The summed E-state index contributed by atoms with van der Waals surface area (Å²) in [4.78, 5) is 10.9. The fourth-order valence-corrected chi connectivity index (χ4v) is 3.88. The molecule has 2 saturated heterocycles. The van der Waals surface area contributed by atoms with Crippen molar-refractivity contribution < 1.29 is 4.74 Å². The van der Waals surface area contributed by atoms with Crippen LogP contribution in [0.3, 0.4) is 0 Å². The largest absolute Gasteiger partial charge is 0.373 e. The Hall–Kier alpha value is -1.64. The summed E-state index contributed by atoms with van der Waals surface area (Å²) in [5, 5.41) is 9.54. The molecule has 0 radical (unpaired) electrons. The van der Waals surface area contributed by atoms with Crippen molar-refractivity contribution in [1.82, 2.24) is 24.5 Å². The second kappa shape index (κ2) is 6.46. The van der Waals surface area contributed by atoms with Crippen LogP contribution in [0.5, 0.6) is 0 Å². The molecule has 7 nitrogen and oxygen atoms in total. The third kappa shape index (κ3) is 3.49. The van der Waals surface area contributed by atoms with Gasteiger partial charge in [-0.25, -0.2) is 9.97 Å². The van der Waals surface area contributed by atoms with E-state index in [9.17, 15) is 0 Å². The molecule has 1 N–H and O–H groups in total. The number of rotatable bonds is 4. The predicted molar refractivity (Wildman–Crippen MR) is 87.2 cm³/mol. The van der Waals surface area contributed by atoms with E-state index >= 15 is 0 Å². The number of aromatic nitrogens is 4. The Balaban J connectivity index is 1.29. The first kappa shape index (κ1) is 14.9. The van der Waals surface area contributed by atoms with Gasteiger partial charge in [-0.2, -0.15) is 0 Å². The van der Waals surface area contributed by atoms with Gasteiger partial charge in [0.15, 0.2) is 0 Å². The van der Waals surface area contributed by atoms with Crippen molar-refractivity contribution in [2.45, 2.75) is 37.5 Å². The minimum absolute atomic E-state index is 0.0171. The lowest BCUT2D eigenvalue weighted by atomic mass is 9.87. The van der Waals surface area contributed by atoms with Gasteiger partial charge in [-0.05, 0) is 36.9 Å². The van der Waals surface area contributed by atoms with Crippen molar-refractivity contribution >= 4 is 17.5 Å². The quantitative estimate of drug-likeness (QED) is 0.910. The maximum atomic E-state index is 6.18. The number of nitrogens with zero attached hydrogens (tertiary/aromatic N) is 5. The first-order valence-electron chi connectivity index (χ1n) is 7.97. The van der Waals surface area contributed by atoms with Crippen LogP contribution >= 0.6 is 11.5 Å². The number of likely N-dealkylation sites (tertiary alicyclic amines) is 1. The molecular formula is C15H20N6OS. The summed E-state index contributed by atoms with van der Waals surface area (Å²) >= 11 is 1.42. The molecule has 122 valence electrons. The van der Waals surface area contributed by atoms with Crippen molar-refractivity contribution in [3.05, 3.63) is 29.5 Å². The highest BCUT2D eigenvalue weighted by Crippen LogP contribution is 2.36. The van der Waals surface area contributed by atoms with Crippen molar-refractivity contribution in [1.29, 1.82) is 0 Å². The summed E-state index contributed by atoms with van der Waals surface area (Å²) in [5.41, 5.74) is 1.09. The number of hydrogen-bond acceptors (Lipinski definition) is 8. The average molecular weight is 332 g/mol. The first-order valence-corrected chi connectivity index (χ1v) is 8.81. The van der Waals surface area contributed by atoms with Crippen LogP contribution in [0, 0.1) is 0 Å². The van der Waals surface area contributed by atoms with E-state index in [-0.39, 0.29) is 5.60 Å². The van der Waals surface area contributed by atoms with Crippen molar-refractivity contribution in [2.24, 2.45) is 0 Å². The highest BCUT2D eigenvalue weighted by Gasteiger charge is 2.42. The summed E-state index contributed by atoms with van der Waals surface area (Å²) in [6.07, 6.45) is 6.67. The van der Waals surface area contributed by atoms with Crippen LogP contribution in [-0.4, -0.2) is 55.8 Å². The van der Waals surface area contributed by atoms with E-state index < -0.39 is 0 Å². The van der Waals surface area contributed by atoms with Gasteiger partial charge in [-0.1, -0.05) is 4.49 Å². The van der Waals surface area contributed by atoms with E-state index in [1.54, 1.807) is 12.4 Å². The first-order chi connectivity index (χ1) is 11.3. The van der Waals surface area contributed by atoms with Crippen LogP contribution in [0.4, 0.5) is 5.95 Å². The molecule has 2 aromatic rings. The Morgan fingerprint density at radius 2 is 2.13 bits per heavy atom. The Morgan fingerprint density at radius 3 is 2.87 bits per heavy atom. The lowest BCUT2D eigenvalue weighted by Crippen LogP contribution is -2.44. The third-order valence-corrected chi connectivity index (χ3v) is 5.22. The van der Waals surface area contributed by atoms with E-state index in [1.165, 1.54) is 11.5 Å². The molecule has 1 spiro atoms. The molecule has 0 saturated carbocycles. The van der Waals surface area contributed by atoms with Gasteiger partial charge < -0.3 is 10.1 Å². The minimum atomic E-state index is 0.0171. The number of anilines is 1. The molecule has 2 fully saturated rings. The SMILES string of the molecule is c1cnc(NC2COC3(CCN(Cc4csnn4)CC3)C2)nc1. The maximum Gasteiger partial charge on any atom is 0.222 e. The maximum absolute atomic E-state index is 6.18.